The molecule has 0 saturated carbocycles. The van der Waals surface area contributed by atoms with Crippen molar-refractivity contribution in [2.45, 2.75) is 12.8 Å². The van der Waals surface area contributed by atoms with Gasteiger partial charge in [0.25, 0.3) is 6.47 Å². The van der Waals surface area contributed by atoms with Gasteiger partial charge in [-0.1, -0.05) is 49.4 Å². The van der Waals surface area contributed by atoms with Crippen LogP contribution < -0.4 is 0 Å². The lowest BCUT2D eigenvalue weighted by Crippen LogP contribution is -2.03. The van der Waals surface area contributed by atoms with Crippen LogP contribution in [0.15, 0.2) is 42.5 Å². The van der Waals surface area contributed by atoms with Gasteiger partial charge in [0.1, 0.15) is 0 Å². The van der Waals surface area contributed by atoms with Gasteiger partial charge in [-0.25, -0.2) is 0 Å². The van der Waals surface area contributed by atoms with Crippen LogP contribution in [-0.4, -0.2) is 13.1 Å². The SMILES string of the molecule is CC(COC=O)c1cccc2ccccc12. The molecule has 0 heterocycles. The first-order chi connectivity index (χ1) is 7.83. The molecule has 0 aliphatic heterocycles. The van der Waals surface area contributed by atoms with Gasteiger partial charge in [-0.2, -0.15) is 0 Å². The van der Waals surface area contributed by atoms with E-state index in [4.69, 9.17) is 4.74 Å². The molecule has 0 aliphatic carbocycles. The Morgan fingerprint density at radius 1 is 1.19 bits per heavy atom. The maximum atomic E-state index is 10.2. The average Bonchev–Trinajstić information content (AvgIpc) is 2.35. The third-order valence-corrected chi connectivity index (χ3v) is 2.77. The second-order valence-corrected chi connectivity index (χ2v) is 3.90. The highest BCUT2D eigenvalue weighted by Gasteiger charge is 2.09. The molecule has 0 radical (unpaired) electrons. The van der Waals surface area contributed by atoms with Gasteiger partial charge in [-0.3, -0.25) is 4.79 Å². The summed E-state index contributed by atoms with van der Waals surface area (Å²) < 4.78 is 4.82. The molecule has 0 bridgehead atoms. The third-order valence-electron chi connectivity index (χ3n) is 2.77. The number of carbonyl (C=O) groups excluding carboxylic acids is 1. The smallest absolute Gasteiger partial charge is 0.293 e. The predicted octanol–water partition coefficient (Wildman–Crippen LogP) is 3.12. The van der Waals surface area contributed by atoms with Gasteiger partial charge in [0.2, 0.25) is 0 Å². The van der Waals surface area contributed by atoms with Crippen molar-refractivity contribution in [3.05, 3.63) is 48.0 Å². The van der Waals surface area contributed by atoms with Crippen LogP contribution in [0, 0.1) is 0 Å². The van der Waals surface area contributed by atoms with E-state index in [1.165, 1.54) is 16.3 Å². The van der Waals surface area contributed by atoms with Crippen molar-refractivity contribution < 1.29 is 9.53 Å². The Labute approximate surface area is 94.8 Å². The molecule has 0 aromatic heterocycles. The van der Waals surface area contributed by atoms with Crippen LogP contribution in [0.4, 0.5) is 0 Å². The van der Waals surface area contributed by atoms with Crippen LogP contribution in [0.2, 0.25) is 0 Å². The molecule has 0 saturated heterocycles. The van der Waals surface area contributed by atoms with E-state index in [1.807, 2.05) is 18.2 Å². The Bertz CT molecular complexity index is 486. The lowest BCUT2D eigenvalue weighted by molar-refractivity contribution is -0.129. The average molecular weight is 214 g/mol. The highest BCUT2D eigenvalue weighted by Crippen LogP contribution is 2.25. The van der Waals surface area contributed by atoms with Gasteiger partial charge in [-0.05, 0) is 16.3 Å². The number of fused-ring (bicyclic) bond motifs is 1. The minimum absolute atomic E-state index is 0.219. The monoisotopic (exact) mass is 214 g/mol. The number of rotatable bonds is 4. The van der Waals surface area contributed by atoms with Crippen LogP contribution in [0.3, 0.4) is 0 Å². The molecule has 2 nitrogen and oxygen atoms in total. The van der Waals surface area contributed by atoms with Crippen molar-refractivity contribution in [2.75, 3.05) is 6.61 Å². The summed E-state index contributed by atoms with van der Waals surface area (Å²) in [7, 11) is 0. The van der Waals surface area contributed by atoms with Crippen LogP contribution in [-0.2, 0) is 9.53 Å². The number of hydrogen-bond donors (Lipinski definition) is 0. The van der Waals surface area contributed by atoms with Crippen molar-refractivity contribution >= 4 is 17.2 Å². The first-order valence-electron chi connectivity index (χ1n) is 5.36. The molecule has 1 unspecified atom stereocenters. The van der Waals surface area contributed by atoms with Gasteiger partial charge in [-0.15, -0.1) is 0 Å². The van der Waals surface area contributed by atoms with Crippen molar-refractivity contribution in [3.63, 3.8) is 0 Å². The Balaban J connectivity index is 2.39. The summed E-state index contributed by atoms with van der Waals surface area (Å²) in [5.41, 5.74) is 1.22. The Hall–Kier alpha value is -1.83. The standard InChI is InChI=1S/C14H14O2/c1-11(9-16-10-15)13-8-4-6-12-5-2-3-7-14(12)13/h2-8,10-11H,9H2,1H3. The molecule has 2 aromatic rings. The number of carbonyl (C=O) groups is 1. The summed E-state index contributed by atoms with van der Waals surface area (Å²) in [4.78, 5) is 10.2. The summed E-state index contributed by atoms with van der Waals surface area (Å²) in [6, 6.07) is 14.5. The molecule has 16 heavy (non-hydrogen) atoms. The number of hydrogen-bond acceptors (Lipinski definition) is 2. The van der Waals surface area contributed by atoms with E-state index >= 15 is 0 Å². The van der Waals surface area contributed by atoms with Gasteiger partial charge in [0.05, 0.1) is 6.61 Å². The molecular weight excluding hydrogens is 200 g/mol. The van der Waals surface area contributed by atoms with Gasteiger partial charge in [0, 0.05) is 5.92 Å². The maximum absolute atomic E-state index is 10.2. The number of benzene rings is 2. The Kier molecular flexibility index (Phi) is 3.20. The fourth-order valence-corrected chi connectivity index (χ4v) is 1.95. The maximum Gasteiger partial charge on any atom is 0.293 e. The fraction of sp³-hybridized carbons (Fsp3) is 0.214. The van der Waals surface area contributed by atoms with Crippen LogP contribution in [0.25, 0.3) is 10.8 Å². The fourth-order valence-electron chi connectivity index (χ4n) is 1.95. The van der Waals surface area contributed by atoms with Crippen molar-refractivity contribution in [1.29, 1.82) is 0 Å². The molecule has 2 rings (SSSR count). The summed E-state index contributed by atoms with van der Waals surface area (Å²) in [5.74, 6) is 0.219. The Morgan fingerprint density at radius 3 is 2.75 bits per heavy atom. The molecule has 0 N–H and O–H groups in total. The summed E-state index contributed by atoms with van der Waals surface area (Å²) in [6.45, 7) is 2.99. The Morgan fingerprint density at radius 2 is 1.94 bits per heavy atom. The molecule has 0 spiro atoms. The van der Waals surface area contributed by atoms with E-state index in [1.54, 1.807) is 0 Å². The van der Waals surface area contributed by atoms with E-state index in [-0.39, 0.29) is 5.92 Å². The zero-order valence-electron chi connectivity index (χ0n) is 9.22. The van der Waals surface area contributed by atoms with E-state index in [0.717, 1.165) is 0 Å². The minimum Gasteiger partial charge on any atom is -0.467 e. The topological polar surface area (TPSA) is 26.3 Å². The quantitative estimate of drug-likeness (QED) is 0.731. The second-order valence-electron chi connectivity index (χ2n) is 3.90. The molecule has 2 aromatic carbocycles. The minimum atomic E-state index is 0.219. The second kappa shape index (κ2) is 4.79. The number of ether oxygens (including phenoxy) is 1. The van der Waals surface area contributed by atoms with E-state index in [2.05, 4.69) is 31.2 Å². The van der Waals surface area contributed by atoms with E-state index in [9.17, 15) is 4.79 Å². The molecule has 2 heteroatoms. The highest BCUT2D eigenvalue weighted by atomic mass is 16.5. The molecule has 82 valence electrons. The normalized spacial score (nSPS) is 12.3. The van der Waals surface area contributed by atoms with Crippen molar-refractivity contribution in [1.82, 2.24) is 0 Å². The lowest BCUT2D eigenvalue weighted by Gasteiger charge is -2.13. The van der Waals surface area contributed by atoms with Crippen LogP contribution >= 0.6 is 0 Å². The van der Waals surface area contributed by atoms with Crippen LogP contribution in [0.5, 0.6) is 0 Å². The third kappa shape index (κ3) is 2.06. The summed E-state index contributed by atoms with van der Waals surface area (Å²) >= 11 is 0. The van der Waals surface area contributed by atoms with Crippen molar-refractivity contribution in [2.24, 2.45) is 0 Å². The largest absolute Gasteiger partial charge is 0.467 e. The van der Waals surface area contributed by atoms with E-state index in [0.29, 0.717) is 13.1 Å². The summed E-state index contributed by atoms with van der Waals surface area (Å²) in [6.07, 6.45) is 0. The molecule has 1 atom stereocenters. The zero-order valence-corrected chi connectivity index (χ0v) is 9.22. The lowest BCUT2D eigenvalue weighted by atomic mass is 9.95. The van der Waals surface area contributed by atoms with Crippen LogP contribution in [0.1, 0.15) is 18.4 Å². The first-order valence-corrected chi connectivity index (χ1v) is 5.36. The first kappa shape index (κ1) is 10.7. The highest BCUT2D eigenvalue weighted by molar-refractivity contribution is 5.86. The van der Waals surface area contributed by atoms with Crippen molar-refractivity contribution in [3.8, 4) is 0 Å². The zero-order chi connectivity index (χ0) is 11.4. The van der Waals surface area contributed by atoms with Gasteiger partial charge in [0.15, 0.2) is 0 Å². The van der Waals surface area contributed by atoms with E-state index < -0.39 is 0 Å². The predicted molar refractivity (Wildman–Crippen MR) is 64.4 cm³/mol. The molecule has 0 fully saturated rings. The van der Waals surface area contributed by atoms with Gasteiger partial charge < -0.3 is 4.74 Å². The van der Waals surface area contributed by atoms with Gasteiger partial charge >= 0.3 is 0 Å². The molecular formula is C14H14O2. The summed E-state index contributed by atoms with van der Waals surface area (Å²) in [5, 5.41) is 2.45. The molecule has 0 amide bonds. The molecule has 0 aliphatic rings.